The Morgan fingerprint density at radius 3 is 2.75 bits per heavy atom. The minimum atomic E-state index is -4.41. The minimum Gasteiger partial charge on any atom is -0.329 e. The fourth-order valence-electron chi connectivity index (χ4n) is 0.964. The van der Waals surface area contributed by atoms with Crippen molar-refractivity contribution in [3.63, 3.8) is 0 Å². The van der Waals surface area contributed by atoms with Crippen LogP contribution in [0.4, 0.5) is 23.7 Å². The van der Waals surface area contributed by atoms with Gasteiger partial charge in [0.1, 0.15) is 6.54 Å². The quantitative estimate of drug-likeness (QED) is 0.846. The summed E-state index contributed by atoms with van der Waals surface area (Å²) in [6, 6.07) is 2.33. The van der Waals surface area contributed by atoms with Crippen molar-refractivity contribution >= 4 is 11.7 Å². The molecule has 0 spiro atoms. The van der Waals surface area contributed by atoms with E-state index in [0.29, 0.717) is 5.69 Å². The third-order valence-corrected chi connectivity index (χ3v) is 1.78. The number of carbonyl (C=O) groups excluding carboxylic acids is 1. The second-order valence-electron chi connectivity index (χ2n) is 3.04. The number of hydrogen-bond acceptors (Lipinski definition) is 2. The predicted octanol–water partition coefficient (Wildman–Crippen LogP) is 1.79. The zero-order valence-electron chi connectivity index (χ0n) is 8.45. The molecule has 2 amide bonds. The van der Waals surface area contributed by atoms with E-state index in [4.69, 9.17) is 0 Å². The van der Waals surface area contributed by atoms with Crippen molar-refractivity contribution in [3.05, 3.63) is 24.5 Å². The van der Waals surface area contributed by atoms with E-state index in [2.05, 4.69) is 4.98 Å². The molecule has 0 fully saturated rings. The maximum Gasteiger partial charge on any atom is 0.405 e. The number of hydrogen-bond donors (Lipinski definition) is 1. The molecule has 4 nitrogen and oxygen atoms in total. The smallest absolute Gasteiger partial charge is 0.329 e. The van der Waals surface area contributed by atoms with Crippen LogP contribution in [0.2, 0.25) is 0 Å². The molecule has 0 radical (unpaired) electrons. The highest BCUT2D eigenvalue weighted by molar-refractivity contribution is 5.91. The molecule has 88 valence electrons. The summed E-state index contributed by atoms with van der Waals surface area (Å²) in [7, 11) is 1.36. The third kappa shape index (κ3) is 3.76. The van der Waals surface area contributed by atoms with Gasteiger partial charge in [0, 0.05) is 13.2 Å². The Morgan fingerprint density at radius 2 is 2.25 bits per heavy atom. The topological polar surface area (TPSA) is 45.2 Å². The molecule has 1 aromatic heterocycles. The Labute approximate surface area is 90.1 Å². The van der Waals surface area contributed by atoms with Gasteiger partial charge >= 0.3 is 12.2 Å². The Balaban J connectivity index is 2.55. The molecule has 7 heteroatoms. The molecule has 0 aliphatic rings. The Bertz CT molecular complexity index is 353. The van der Waals surface area contributed by atoms with Crippen molar-refractivity contribution in [3.8, 4) is 0 Å². The molecule has 0 saturated carbocycles. The number of rotatable bonds is 2. The molecule has 0 aliphatic carbocycles. The summed E-state index contributed by atoms with van der Waals surface area (Å²) < 4.78 is 35.5. The molecule has 0 atom stereocenters. The lowest BCUT2D eigenvalue weighted by molar-refractivity contribution is -0.122. The number of alkyl halides is 3. The third-order valence-electron chi connectivity index (χ3n) is 1.78. The highest BCUT2D eigenvalue weighted by Crippen LogP contribution is 2.13. The van der Waals surface area contributed by atoms with Crippen molar-refractivity contribution in [2.45, 2.75) is 6.18 Å². The Morgan fingerprint density at radius 1 is 1.56 bits per heavy atom. The standard InChI is InChI=1S/C9H10F3N3O/c1-15(7-3-2-4-13-5-7)8(16)14-6-9(10,11)12/h2-5H,6H2,1H3,(H,14,16). The highest BCUT2D eigenvalue weighted by atomic mass is 19.4. The number of aromatic nitrogens is 1. The lowest BCUT2D eigenvalue weighted by Gasteiger charge is -2.18. The first kappa shape index (κ1) is 12.3. The summed E-state index contributed by atoms with van der Waals surface area (Å²) in [5, 5.41) is 1.76. The van der Waals surface area contributed by atoms with Gasteiger partial charge in [-0.1, -0.05) is 0 Å². The van der Waals surface area contributed by atoms with Crippen molar-refractivity contribution in [1.29, 1.82) is 0 Å². The van der Waals surface area contributed by atoms with Gasteiger partial charge in [-0.05, 0) is 12.1 Å². The predicted molar refractivity (Wildman–Crippen MR) is 52.1 cm³/mol. The molecule has 0 unspecified atom stereocenters. The van der Waals surface area contributed by atoms with E-state index in [1.807, 2.05) is 0 Å². The summed E-state index contributed by atoms with van der Waals surface area (Å²) >= 11 is 0. The van der Waals surface area contributed by atoms with Crippen LogP contribution in [0.1, 0.15) is 0 Å². The Kier molecular flexibility index (Phi) is 3.70. The average molecular weight is 233 g/mol. The van der Waals surface area contributed by atoms with Crippen LogP contribution < -0.4 is 10.2 Å². The SMILES string of the molecule is CN(C(=O)NCC(F)(F)F)c1cccnc1. The average Bonchev–Trinajstić information content (AvgIpc) is 2.25. The van der Waals surface area contributed by atoms with E-state index in [9.17, 15) is 18.0 Å². The first-order valence-electron chi connectivity index (χ1n) is 4.38. The normalized spacial score (nSPS) is 11.0. The van der Waals surface area contributed by atoms with Crippen LogP contribution in [0.15, 0.2) is 24.5 Å². The van der Waals surface area contributed by atoms with E-state index in [0.717, 1.165) is 4.90 Å². The molecule has 1 rings (SSSR count). The maximum atomic E-state index is 11.8. The van der Waals surface area contributed by atoms with Gasteiger partial charge in [-0.3, -0.25) is 9.88 Å². The number of urea groups is 1. The van der Waals surface area contributed by atoms with Crippen LogP contribution >= 0.6 is 0 Å². The molecule has 1 heterocycles. The van der Waals surface area contributed by atoms with Gasteiger partial charge in [-0.15, -0.1) is 0 Å². The summed E-state index contributed by atoms with van der Waals surface area (Å²) in [6.07, 6.45) is -1.52. The number of nitrogens with zero attached hydrogens (tertiary/aromatic N) is 2. The van der Waals surface area contributed by atoms with Crippen LogP contribution in [0.25, 0.3) is 0 Å². The number of halogens is 3. The van der Waals surface area contributed by atoms with E-state index in [-0.39, 0.29) is 0 Å². The van der Waals surface area contributed by atoms with Crippen molar-refractivity contribution in [2.75, 3.05) is 18.5 Å². The fourth-order valence-corrected chi connectivity index (χ4v) is 0.964. The second kappa shape index (κ2) is 4.82. The van der Waals surface area contributed by atoms with Gasteiger partial charge in [0.05, 0.1) is 11.9 Å². The van der Waals surface area contributed by atoms with Crippen LogP contribution in [0.3, 0.4) is 0 Å². The molecule has 0 saturated heterocycles. The highest BCUT2D eigenvalue weighted by Gasteiger charge is 2.28. The van der Waals surface area contributed by atoms with Crippen LogP contribution in [0.5, 0.6) is 0 Å². The number of anilines is 1. The molecule has 16 heavy (non-hydrogen) atoms. The maximum absolute atomic E-state index is 11.8. The minimum absolute atomic E-state index is 0.419. The molecule has 1 N–H and O–H groups in total. The van der Waals surface area contributed by atoms with Crippen LogP contribution in [-0.2, 0) is 0 Å². The second-order valence-corrected chi connectivity index (χ2v) is 3.04. The fraction of sp³-hybridized carbons (Fsp3) is 0.333. The molecule has 0 aromatic carbocycles. The number of nitrogens with one attached hydrogen (secondary N) is 1. The van der Waals surface area contributed by atoms with Crippen molar-refractivity contribution in [2.24, 2.45) is 0 Å². The van der Waals surface area contributed by atoms with Crippen LogP contribution in [-0.4, -0.2) is 30.8 Å². The number of pyridine rings is 1. The number of amides is 2. The van der Waals surface area contributed by atoms with E-state index in [1.54, 1.807) is 17.4 Å². The summed E-state index contributed by atoms with van der Waals surface area (Å²) in [4.78, 5) is 16.1. The lowest BCUT2D eigenvalue weighted by Crippen LogP contribution is -2.41. The molecule has 0 aliphatic heterocycles. The van der Waals surface area contributed by atoms with Gasteiger partial charge in [-0.25, -0.2) is 4.79 Å². The molecule has 1 aromatic rings. The zero-order chi connectivity index (χ0) is 12.2. The van der Waals surface area contributed by atoms with Crippen LogP contribution in [0, 0.1) is 0 Å². The molecular weight excluding hydrogens is 223 g/mol. The first-order valence-corrected chi connectivity index (χ1v) is 4.38. The number of carbonyl (C=O) groups is 1. The van der Waals surface area contributed by atoms with Crippen molar-refractivity contribution in [1.82, 2.24) is 10.3 Å². The monoisotopic (exact) mass is 233 g/mol. The summed E-state index contributed by atoms with van der Waals surface area (Å²) in [5.74, 6) is 0. The van der Waals surface area contributed by atoms with Gasteiger partial charge in [-0.2, -0.15) is 13.2 Å². The Hall–Kier alpha value is -1.79. The zero-order valence-corrected chi connectivity index (χ0v) is 8.45. The largest absolute Gasteiger partial charge is 0.405 e. The first-order chi connectivity index (χ1) is 7.40. The molecular formula is C9H10F3N3O. The van der Waals surface area contributed by atoms with E-state index in [1.165, 1.54) is 19.4 Å². The van der Waals surface area contributed by atoms with Crippen molar-refractivity contribution < 1.29 is 18.0 Å². The molecule has 0 bridgehead atoms. The van der Waals surface area contributed by atoms with Gasteiger partial charge in [0.2, 0.25) is 0 Å². The summed E-state index contributed by atoms with van der Waals surface area (Å²) in [5.41, 5.74) is 0.419. The van der Waals surface area contributed by atoms with Gasteiger partial charge in [0.15, 0.2) is 0 Å². The van der Waals surface area contributed by atoms with E-state index < -0.39 is 18.8 Å². The summed E-state index contributed by atoms with van der Waals surface area (Å²) in [6.45, 7) is -1.35. The van der Waals surface area contributed by atoms with Gasteiger partial charge in [0.25, 0.3) is 0 Å². The lowest BCUT2D eigenvalue weighted by atomic mass is 10.4. The van der Waals surface area contributed by atoms with E-state index >= 15 is 0 Å². The van der Waals surface area contributed by atoms with Gasteiger partial charge < -0.3 is 5.32 Å².